The third-order valence-corrected chi connectivity index (χ3v) is 10.4. The molecule has 0 radical (unpaired) electrons. The number of hydrogen-bond acceptors (Lipinski definition) is 8. The SMILES string of the molecule is CCCCC/C=C\C/C=C\C/C=C\CCCCCCC(=O)OCC(COP(=O)(O)OCCNC)OC(=O)CCCCCCCCC/C=C\CCCCCCCC. The number of carbonyl (C=O) groups excluding carboxylic acids is 2. The molecule has 0 aromatic rings. The smallest absolute Gasteiger partial charge is 0.462 e. The lowest BCUT2D eigenvalue weighted by molar-refractivity contribution is -0.161. The Kier molecular flexibility index (Phi) is 41.0. The first kappa shape index (κ1) is 54.0. The van der Waals surface area contributed by atoms with E-state index in [0.717, 1.165) is 64.2 Å². The standard InChI is InChI=1S/C46H84NO8P/c1-4-6-8-10-12-14-16-18-20-22-24-26-28-30-32-34-36-38-45(48)52-42-44(43-54-56(50,51)53-41-40-47-3)55-46(49)39-37-35-33-31-29-27-25-23-21-19-17-15-13-11-9-7-5-2/h12,14,18-21,24,26,44,47H,4-11,13,15-17,22-23,25,27-43H2,1-3H3,(H,50,51)/b14-12-,20-18-,21-19-,26-24-. The third kappa shape index (κ3) is 41.6. The second kappa shape index (κ2) is 42.6. The summed E-state index contributed by atoms with van der Waals surface area (Å²) < 4.78 is 33.2. The highest BCUT2D eigenvalue weighted by molar-refractivity contribution is 7.47. The molecule has 0 fully saturated rings. The molecule has 0 aliphatic heterocycles. The zero-order valence-corrected chi connectivity index (χ0v) is 37.0. The van der Waals surface area contributed by atoms with Crippen molar-refractivity contribution in [2.75, 3.05) is 33.4 Å². The predicted molar refractivity (Wildman–Crippen MR) is 234 cm³/mol. The molecule has 0 aliphatic carbocycles. The molecule has 0 aromatic heterocycles. The highest BCUT2D eigenvalue weighted by Gasteiger charge is 2.26. The Morgan fingerprint density at radius 3 is 1.48 bits per heavy atom. The molecule has 0 spiro atoms. The maximum Gasteiger partial charge on any atom is 0.472 e. The number of hydrogen-bond donors (Lipinski definition) is 2. The van der Waals surface area contributed by atoms with Gasteiger partial charge in [0.2, 0.25) is 0 Å². The van der Waals surface area contributed by atoms with Gasteiger partial charge in [0, 0.05) is 19.4 Å². The number of carbonyl (C=O) groups is 2. The minimum absolute atomic E-state index is 0.0227. The van der Waals surface area contributed by atoms with Gasteiger partial charge in [-0.1, -0.05) is 152 Å². The van der Waals surface area contributed by atoms with Crippen molar-refractivity contribution >= 4 is 19.8 Å². The fraction of sp³-hybridized carbons (Fsp3) is 0.783. The number of phosphoric acid groups is 1. The van der Waals surface area contributed by atoms with Crippen LogP contribution in [0.5, 0.6) is 0 Å². The maximum atomic E-state index is 12.6. The normalized spacial score (nSPS) is 13.7. The molecule has 0 saturated heterocycles. The van der Waals surface area contributed by atoms with Crippen molar-refractivity contribution in [1.29, 1.82) is 0 Å². The van der Waals surface area contributed by atoms with E-state index in [4.69, 9.17) is 18.5 Å². The van der Waals surface area contributed by atoms with E-state index in [9.17, 15) is 19.0 Å². The molecule has 10 heteroatoms. The molecule has 0 rings (SSSR count). The minimum Gasteiger partial charge on any atom is -0.462 e. The van der Waals surface area contributed by atoms with Gasteiger partial charge < -0.3 is 19.7 Å². The van der Waals surface area contributed by atoms with Gasteiger partial charge in [0.1, 0.15) is 6.61 Å². The lowest BCUT2D eigenvalue weighted by Gasteiger charge is -2.20. The summed E-state index contributed by atoms with van der Waals surface area (Å²) >= 11 is 0. The van der Waals surface area contributed by atoms with Gasteiger partial charge >= 0.3 is 19.8 Å². The Bertz CT molecular complexity index is 1060. The van der Waals surface area contributed by atoms with Crippen molar-refractivity contribution in [3.8, 4) is 0 Å². The van der Waals surface area contributed by atoms with Gasteiger partial charge in [-0.05, 0) is 84.1 Å². The number of esters is 2. The van der Waals surface area contributed by atoms with Crippen molar-refractivity contribution in [2.24, 2.45) is 0 Å². The molecule has 0 bridgehead atoms. The Balaban J connectivity index is 4.25. The third-order valence-electron chi connectivity index (χ3n) is 9.42. The first-order chi connectivity index (χ1) is 27.3. The molecular formula is C46H84NO8P. The van der Waals surface area contributed by atoms with Crippen molar-refractivity contribution in [3.05, 3.63) is 48.6 Å². The van der Waals surface area contributed by atoms with E-state index < -0.39 is 32.5 Å². The number of likely N-dealkylation sites (N-methyl/N-ethyl adjacent to an activating group) is 1. The molecule has 0 saturated carbocycles. The van der Waals surface area contributed by atoms with Crippen LogP contribution < -0.4 is 5.32 Å². The second-order valence-electron chi connectivity index (χ2n) is 14.9. The molecule has 0 amide bonds. The van der Waals surface area contributed by atoms with Crippen LogP contribution in [0.1, 0.15) is 194 Å². The zero-order chi connectivity index (χ0) is 41.1. The molecule has 9 nitrogen and oxygen atoms in total. The molecule has 2 unspecified atom stereocenters. The predicted octanol–water partition coefficient (Wildman–Crippen LogP) is 13.0. The number of phosphoric ester groups is 1. The van der Waals surface area contributed by atoms with Gasteiger partial charge in [0.25, 0.3) is 0 Å². The number of ether oxygens (including phenoxy) is 2. The molecule has 56 heavy (non-hydrogen) atoms. The average molecular weight is 810 g/mol. The lowest BCUT2D eigenvalue weighted by Crippen LogP contribution is -2.29. The number of allylic oxidation sites excluding steroid dienone is 8. The van der Waals surface area contributed by atoms with Crippen LogP contribution in [-0.4, -0.2) is 56.3 Å². The number of nitrogens with one attached hydrogen (secondary N) is 1. The van der Waals surface area contributed by atoms with E-state index in [2.05, 4.69) is 67.8 Å². The quantitative estimate of drug-likeness (QED) is 0.0269. The highest BCUT2D eigenvalue weighted by Crippen LogP contribution is 2.43. The van der Waals surface area contributed by atoms with E-state index in [1.54, 1.807) is 7.05 Å². The summed E-state index contributed by atoms with van der Waals surface area (Å²) in [5.41, 5.74) is 0. The van der Waals surface area contributed by atoms with E-state index in [1.165, 1.54) is 89.9 Å². The van der Waals surface area contributed by atoms with Crippen LogP contribution in [0, 0.1) is 0 Å². The van der Waals surface area contributed by atoms with Gasteiger partial charge in [-0.3, -0.25) is 18.6 Å². The summed E-state index contributed by atoms with van der Waals surface area (Å²) in [6.07, 6.45) is 47.2. The van der Waals surface area contributed by atoms with Crippen LogP contribution >= 0.6 is 7.82 Å². The van der Waals surface area contributed by atoms with Crippen LogP contribution in [0.4, 0.5) is 0 Å². The Hall–Kier alpha value is -2.03. The van der Waals surface area contributed by atoms with Crippen LogP contribution in [0.15, 0.2) is 48.6 Å². The molecule has 0 aliphatic rings. The summed E-state index contributed by atoms with van der Waals surface area (Å²) in [6, 6.07) is 0. The minimum atomic E-state index is -4.36. The van der Waals surface area contributed by atoms with Gasteiger partial charge in [-0.25, -0.2) is 4.57 Å². The van der Waals surface area contributed by atoms with Gasteiger partial charge in [0.05, 0.1) is 13.2 Å². The van der Waals surface area contributed by atoms with Crippen molar-refractivity contribution in [1.82, 2.24) is 5.32 Å². The van der Waals surface area contributed by atoms with Gasteiger partial charge in [0.15, 0.2) is 6.10 Å². The first-order valence-electron chi connectivity index (χ1n) is 22.6. The summed E-state index contributed by atoms with van der Waals surface area (Å²) in [5, 5.41) is 2.82. The summed E-state index contributed by atoms with van der Waals surface area (Å²) in [7, 11) is -2.66. The van der Waals surface area contributed by atoms with Crippen LogP contribution in [0.2, 0.25) is 0 Å². The van der Waals surface area contributed by atoms with Crippen LogP contribution in [-0.2, 0) is 32.7 Å². The fourth-order valence-electron chi connectivity index (χ4n) is 5.97. The molecule has 2 atom stereocenters. The van der Waals surface area contributed by atoms with Crippen LogP contribution in [0.3, 0.4) is 0 Å². The second-order valence-corrected chi connectivity index (χ2v) is 16.3. The monoisotopic (exact) mass is 810 g/mol. The Labute approximate surface area is 343 Å². The fourth-order valence-corrected chi connectivity index (χ4v) is 6.72. The number of rotatable bonds is 42. The molecule has 0 heterocycles. The van der Waals surface area contributed by atoms with Crippen molar-refractivity contribution in [2.45, 2.75) is 200 Å². The zero-order valence-electron chi connectivity index (χ0n) is 36.1. The Morgan fingerprint density at radius 2 is 0.964 bits per heavy atom. The van der Waals surface area contributed by atoms with E-state index in [1.807, 2.05) is 0 Å². The van der Waals surface area contributed by atoms with E-state index in [-0.39, 0.29) is 26.1 Å². The average Bonchev–Trinajstić information content (AvgIpc) is 3.18. The molecular weight excluding hydrogens is 725 g/mol. The summed E-state index contributed by atoms with van der Waals surface area (Å²) in [5.74, 6) is -0.836. The van der Waals surface area contributed by atoms with E-state index >= 15 is 0 Å². The highest BCUT2D eigenvalue weighted by atomic mass is 31.2. The largest absolute Gasteiger partial charge is 0.472 e. The van der Waals surface area contributed by atoms with Crippen molar-refractivity contribution in [3.63, 3.8) is 0 Å². The lowest BCUT2D eigenvalue weighted by atomic mass is 10.1. The summed E-state index contributed by atoms with van der Waals surface area (Å²) in [4.78, 5) is 35.1. The van der Waals surface area contributed by atoms with E-state index in [0.29, 0.717) is 19.4 Å². The first-order valence-corrected chi connectivity index (χ1v) is 24.1. The molecule has 326 valence electrons. The van der Waals surface area contributed by atoms with Crippen LogP contribution in [0.25, 0.3) is 0 Å². The van der Waals surface area contributed by atoms with Gasteiger partial charge in [-0.15, -0.1) is 0 Å². The number of unbranched alkanes of at least 4 members (excludes halogenated alkanes) is 20. The van der Waals surface area contributed by atoms with Crippen molar-refractivity contribution < 1.29 is 37.6 Å². The molecule has 0 aromatic carbocycles. The topological polar surface area (TPSA) is 120 Å². The summed E-state index contributed by atoms with van der Waals surface area (Å²) in [6.45, 7) is 4.17. The van der Waals surface area contributed by atoms with Gasteiger partial charge in [-0.2, -0.15) is 0 Å². The maximum absolute atomic E-state index is 12.6. The Morgan fingerprint density at radius 1 is 0.554 bits per heavy atom. The molecule has 2 N–H and O–H groups in total.